The van der Waals surface area contributed by atoms with E-state index in [2.05, 4.69) is 15.4 Å². The molecule has 1 N–H and O–H groups in total. The van der Waals surface area contributed by atoms with E-state index in [1.165, 1.54) is 16.5 Å². The van der Waals surface area contributed by atoms with E-state index in [0.717, 1.165) is 23.2 Å². The van der Waals surface area contributed by atoms with E-state index in [4.69, 9.17) is 0 Å². The number of fused-ring (bicyclic) bond motifs is 1. The highest BCUT2D eigenvalue weighted by Gasteiger charge is 2.30. The average Bonchev–Trinajstić information content (AvgIpc) is 2.95. The van der Waals surface area contributed by atoms with Crippen LogP contribution >= 0.6 is 0 Å². The van der Waals surface area contributed by atoms with Crippen molar-refractivity contribution < 1.29 is 18.0 Å². The molecular weight excluding hydrogens is 387 g/mol. The van der Waals surface area contributed by atoms with Crippen LogP contribution in [0.1, 0.15) is 31.5 Å². The number of alkyl halides is 3. The van der Waals surface area contributed by atoms with Crippen molar-refractivity contribution in [3.63, 3.8) is 0 Å². The van der Waals surface area contributed by atoms with Crippen LogP contribution in [0.4, 0.5) is 13.2 Å². The molecule has 1 aromatic carbocycles. The van der Waals surface area contributed by atoms with Crippen LogP contribution in [0.15, 0.2) is 35.1 Å². The Morgan fingerprint density at radius 2 is 1.90 bits per heavy atom. The van der Waals surface area contributed by atoms with E-state index in [1.54, 1.807) is 13.0 Å². The fraction of sp³-hybridized carbons (Fsp3) is 0.368. The van der Waals surface area contributed by atoms with Crippen molar-refractivity contribution in [2.45, 2.75) is 46.0 Å². The van der Waals surface area contributed by atoms with Gasteiger partial charge in [-0.25, -0.2) is 18.9 Å². The first kappa shape index (κ1) is 20.6. The normalized spacial score (nSPS) is 12.9. The van der Waals surface area contributed by atoms with Crippen LogP contribution in [-0.2, 0) is 17.5 Å². The van der Waals surface area contributed by atoms with Gasteiger partial charge in [0.05, 0.1) is 5.56 Å². The number of nitrogens with zero attached hydrogens (tertiary/aromatic N) is 4. The summed E-state index contributed by atoms with van der Waals surface area (Å²) in [5.74, 6) is -0.196. The van der Waals surface area contributed by atoms with Gasteiger partial charge in [-0.15, -0.1) is 5.10 Å². The lowest BCUT2D eigenvalue weighted by Crippen LogP contribution is -2.37. The standard InChI is InChI=1S/C19H20F3N5O2/c1-4-11(2)23-16(28)10-26-18(29)27-15(25-26)9-12(3)24-17(27)13-5-7-14(8-6-13)19(20,21)22/h5-9,11H,4,10H2,1-3H3,(H,23,28)/t11-/m1/s1. The quantitative estimate of drug-likeness (QED) is 0.705. The summed E-state index contributed by atoms with van der Waals surface area (Å²) in [6, 6.07) is 5.90. The van der Waals surface area contributed by atoms with Gasteiger partial charge >= 0.3 is 11.9 Å². The Bertz CT molecular complexity index is 1100. The first-order chi connectivity index (χ1) is 13.6. The summed E-state index contributed by atoms with van der Waals surface area (Å²) in [7, 11) is 0. The zero-order chi connectivity index (χ0) is 21.3. The molecule has 3 aromatic rings. The largest absolute Gasteiger partial charge is 0.416 e. The summed E-state index contributed by atoms with van der Waals surface area (Å²) in [5, 5.41) is 6.93. The highest BCUT2D eigenvalue weighted by atomic mass is 19.4. The van der Waals surface area contributed by atoms with Crippen molar-refractivity contribution in [1.29, 1.82) is 0 Å². The summed E-state index contributed by atoms with van der Waals surface area (Å²) in [5.41, 5.74) is -0.267. The maximum atomic E-state index is 12.8. The van der Waals surface area contributed by atoms with Crippen LogP contribution in [0.3, 0.4) is 0 Å². The van der Waals surface area contributed by atoms with Crippen molar-refractivity contribution in [2.24, 2.45) is 0 Å². The van der Waals surface area contributed by atoms with E-state index in [0.29, 0.717) is 11.3 Å². The second-order valence-corrected chi connectivity index (χ2v) is 6.81. The monoisotopic (exact) mass is 407 g/mol. The minimum Gasteiger partial charge on any atom is -0.352 e. The van der Waals surface area contributed by atoms with Gasteiger partial charge in [-0.2, -0.15) is 13.2 Å². The number of benzene rings is 1. The topological polar surface area (TPSA) is 81.3 Å². The van der Waals surface area contributed by atoms with Gasteiger partial charge in [-0.05, 0) is 32.4 Å². The molecular formula is C19H20F3N5O2. The van der Waals surface area contributed by atoms with Gasteiger partial charge in [0, 0.05) is 23.4 Å². The lowest BCUT2D eigenvalue weighted by Gasteiger charge is -2.10. The highest BCUT2D eigenvalue weighted by molar-refractivity contribution is 5.76. The molecule has 0 fully saturated rings. The van der Waals surface area contributed by atoms with Crippen LogP contribution in [0.25, 0.3) is 17.0 Å². The predicted molar refractivity (Wildman–Crippen MR) is 100 cm³/mol. The molecule has 2 aromatic heterocycles. The van der Waals surface area contributed by atoms with Crippen molar-refractivity contribution in [2.75, 3.05) is 0 Å². The van der Waals surface area contributed by atoms with Crippen LogP contribution < -0.4 is 11.0 Å². The Labute approximate surface area is 164 Å². The summed E-state index contributed by atoms with van der Waals surface area (Å²) in [4.78, 5) is 29.2. The fourth-order valence-corrected chi connectivity index (χ4v) is 2.82. The molecule has 29 heavy (non-hydrogen) atoms. The molecule has 1 amide bonds. The zero-order valence-electron chi connectivity index (χ0n) is 16.1. The molecule has 0 aliphatic rings. The molecule has 10 heteroatoms. The summed E-state index contributed by atoms with van der Waals surface area (Å²) >= 11 is 0. The molecule has 0 saturated heterocycles. The molecule has 0 saturated carbocycles. The third-order valence-electron chi connectivity index (χ3n) is 4.48. The van der Waals surface area contributed by atoms with Crippen LogP contribution in [0.5, 0.6) is 0 Å². The molecule has 0 aliphatic carbocycles. The second kappa shape index (κ2) is 7.69. The van der Waals surface area contributed by atoms with Crippen molar-refractivity contribution >= 4 is 11.6 Å². The molecule has 2 heterocycles. The van der Waals surface area contributed by atoms with E-state index in [9.17, 15) is 22.8 Å². The van der Waals surface area contributed by atoms with Crippen molar-refractivity contribution in [3.8, 4) is 11.4 Å². The van der Waals surface area contributed by atoms with Gasteiger partial charge in [0.25, 0.3) is 0 Å². The molecule has 154 valence electrons. The lowest BCUT2D eigenvalue weighted by atomic mass is 10.1. The maximum absolute atomic E-state index is 12.8. The van der Waals surface area contributed by atoms with E-state index in [1.807, 2.05) is 13.8 Å². The number of amides is 1. The van der Waals surface area contributed by atoms with Crippen LogP contribution in [0, 0.1) is 6.92 Å². The van der Waals surface area contributed by atoms with Gasteiger partial charge in [0.15, 0.2) is 5.65 Å². The smallest absolute Gasteiger partial charge is 0.352 e. The van der Waals surface area contributed by atoms with Gasteiger partial charge < -0.3 is 5.32 Å². The molecule has 3 rings (SSSR count). The lowest BCUT2D eigenvalue weighted by molar-refractivity contribution is -0.137. The summed E-state index contributed by atoms with van der Waals surface area (Å²) < 4.78 is 40.7. The number of carbonyl (C=O) groups excluding carboxylic acids is 1. The Kier molecular flexibility index (Phi) is 5.45. The minimum atomic E-state index is -4.46. The minimum absolute atomic E-state index is 0.0400. The van der Waals surface area contributed by atoms with E-state index in [-0.39, 0.29) is 30.0 Å². The highest BCUT2D eigenvalue weighted by Crippen LogP contribution is 2.30. The molecule has 0 spiro atoms. The SMILES string of the molecule is CC[C@@H](C)NC(=O)Cn1nc2cc(C)nc(-c3ccc(C(F)(F)F)cc3)n2c1=O. The number of hydrogen-bond acceptors (Lipinski definition) is 4. The first-order valence-electron chi connectivity index (χ1n) is 9.04. The summed E-state index contributed by atoms with van der Waals surface area (Å²) in [6.07, 6.45) is -3.72. The average molecular weight is 407 g/mol. The summed E-state index contributed by atoms with van der Waals surface area (Å²) in [6.45, 7) is 5.19. The number of aromatic nitrogens is 4. The number of hydrogen-bond donors (Lipinski definition) is 1. The molecule has 0 radical (unpaired) electrons. The van der Waals surface area contributed by atoms with Gasteiger partial charge in [-0.3, -0.25) is 4.79 Å². The molecule has 0 aliphatic heterocycles. The molecule has 1 atom stereocenters. The van der Waals surface area contributed by atoms with Crippen LogP contribution in [-0.4, -0.2) is 31.1 Å². The predicted octanol–water partition coefficient (Wildman–Crippen LogP) is 2.80. The number of rotatable bonds is 5. The molecule has 0 bridgehead atoms. The number of aryl methyl sites for hydroxylation is 1. The number of halogens is 3. The van der Waals surface area contributed by atoms with Crippen molar-refractivity contribution in [1.82, 2.24) is 24.5 Å². The number of nitrogens with one attached hydrogen (secondary N) is 1. The fourth-order valence-electron chi connectivity index (χ4n) is 2.82. The van der Waals surface area contributed by atoms with E-state index >= 15 is 0 Å². The van der Waals surface area contributed by atoms with Gasteiger partial charge in [-0.1, -0.05) is 19.1 Å². The Morgan fingerprint density at radius 3 is 2.48 bits per heavy atom. The third-order valence-corrected chi connectivity index (χ3v) is 4.48. The third kappa shape index (κ3) is 4.30. The van der Waals surface area contributed by atoms with Gasteiger partial charge in [0.1, 0.15) is 12.4 Å². The van der Waals surface area contributed by atoms with Crippen molar-refractivity contribution in [3.05, 3.63) is 52.1 Å². The van der Waals surface area contributed by atoms with Gasteiger partial charge in [0.2, 0.25) is 5.91 Å². The second-order valence-electron chi connectivity index (χ2n) is 6.81. The molecule has 7 nitrogen and oxygen atoms in total. The Morgan fingerprint density at radius 1 is 1.24 bits per heavy atom. The maximum Gasteiger partial charge on any atom is 0.416 e. The first-order valence-corrected chi connectivity index (χ1v) is 9.04. The Balaban J connectivity index is 2.04. The number of carbonyl (C=O) groups is 1. The zero-order valence-corrected chi connectivity index (χ0v) is 16.1. The van der Waals surface area contributed by atoms with E-state index < -0.39 is 17.4 Å². The molecule has 0 unspecified atom stereocenters. The van der Waals surface area contributed by atoms with Crippen LogP contribution in [0.2, 0.25) is 0 Å². The Hall–Kier alpha value is -3.17.